The molecule has 122 valence electrons. The smallest absolute Gasteiger partial charge is 0.225 e. The Morgan fingerprint density at radius 2 is 1.86 bits per heavy atom. The molecule has 0 N–H and O–H groups in total. The van der Waals surface area contributed by atoms with E-state index >= 15 is 0 Å². The Bertz CT molecular complexity index is 458. The lowest BCUT2D eigenvalue weighted by Gasteiger charge is -2.32. The first-order valence-corrected chi connectivity index (χ1v) is 9.63. The van der Waals surface area contributed by atoms with Crippen LogP contribution in [0.25, 0.3) is 0 Å². The Labute approximate surface area is 138 Å². The summed E-state index contributed by atoms with van der Waals surface area (Å²) in [4.78, 5) is 16.4. The van der Waals surface area contributed by atoms with Gasteiger partial charge in [-0.3, -0.25) is 4.90 Å². The summed E-state index contributed by atoms with van der Waals surface area (Å²) in [6.45, 7) is 6.44. The number of thioether (sulfide) groups is 1. The molecule has 5 nitrogen and oxygen atoms in total. The molecule has 2 saturated heterocycles. The second-order valence-corrected chi connectivity index (χ2v) is 7.31. The van der Waals surface area contributed by atoms with E-state index in [0.29, 0.717) is 0 Å². The molecule has 0 bridgehead atoms. The molecule has 0 saturated carbocycles. The number of likely N-dealkylation sites (N-methyl/N-ethyl adjacent to an activating group) is 1. The van der Waals surface area contributed by atoms with Crippen molar-refractivity contribution < 1.29 is 0 Å². The van der Waals surface area contributed by atoms with Crippen LogP contribution in [0.1, 0.15) is 18.4 Å². The van der Waals surface area contributed by atoms with Gasteiger partial charge in [0.1, 0.15) is 0 Å². The average Bonchev–Trinajstić information content (AvgIpc) is 2.97. The summed E-state index contributed by atoms with van der Waals surface area (Å²) >= 11 is 1.95. The van der Waals surface area contributed by atoms with Crippen molar-refractivity contribution >= 4 is 17.7 Å². The minimum absolute atomic E-state index is 0.729. The fraction of sp³-hybridized carbons (Fsp3) is 0.750. The topological polar surface area (TPSA) is 35.5 Å². The van der Waals surface area contributed by atoms with Gasteiger partial charge in [-0.05, 0) is 32.7 Å². The molecule has 1 atom stereocenters. The molecule has 0 spiro atoms. The monoisotopic (exact) mass is 321 g/mol. The van der Waals surface area contributed by atoms with Crippen LogP contribution in [0.3, 0.4) is 0 Å². The zero-order valence-electron chi connectivity index (χ0n) is 13.7. The molecule has 0 amide bonds. The van der Waals surface area contributed by atoms with Crippen molar-refractivity contribution in [1.82, 2.24) is 19.8 Å². The number of anilines is 1. The molecule has 3 heterocycles. The van der Waals surface area contributed by atoms with Crippen LogP contribution in [0.15, 0.2) is 12.4 Å². The van der Waals surface area contributed by atoms with E-state index in [4.69, 9.17) is 0 Å². The van der Waals surface area contributed by atoms with Crippen LogP contribution >= 0.6 is 11.8 Å². The van der Waals surface area contributed by atoms with Crippen LogP contribution in [0, 0.1) is 0 Å². The Kier molecular flexibility index (Phi) is 5.55. The van der Waals surface area contributed by atoms with Crippen LogP contribution in [0.2, 0.25) is 0 Å². The maximum absolute atomic E-state index is 4.60. The highest BCUT2D eigenvalue weighted by Gasteiger charge is 2.24. The van der Waals surface area contributed by atoms with Crippen molar-refractivity contribution in [3.8, 4) is 0 Å². The molecular weight excluding hydrogens is 294 g/mol. The zero-order chi connectivity index (χ0) is 15.4. The molecular formula is C16H27N5S. The third-order valence-corrected chi connectivity index (χ3v) is 5.44. The molecule has 1 aromatic rings. The Balaban J connectivity index is 1.57. The third-order valence-electron chi connectivity index (χ3n) is 4.72. The van der Waals surface area contributed by atoms with E-state index in [1.807, 2.05) is 24.2 Å². The molecule has 2 fully saturated rings. The Morgan fingerprint density at radius 1 is 1.14 bits per heavy atom. The number of likely N-dealkylation sites (tertiary alicyclic amines) is 1. The minimum Gasteiger partial charge on any atom is -0.338 e. The largest absolute Gasteiger partial charge is 0.338 e. The predicted molar refractivity (Wildman–Crippen MR) is 93.6 cm³/mol. The van der Waals surface area contributed by atoms with E-state index in [9.17, 15) is 0 Å². The standard InChI is InChI=1S/C16H27N5S/c1-19-6-8-20(9-7-19)16-17-10-14(11-18-16)12-21-5-3-4-15(21)13-22-2/h10-11,15H,3-9,12-13H2,1-2H3/t15-/m0/s1. The number of piperazine rings is 1. The van der Waals surface area contributed by atoms with E-state index in [1.54, 1.807) is 0 Å². The van der Waals surface area contributed by atoms with Crippen LogP contribution in [0.4, 0.5) is 5.95 Å². The van der Waals surface area contributed by atoms with Gasteiger partial charge in [-0.1, -0.05) is 0 Å². The van der Waals surface area contributed by atoms with Gasteiger partial charge in [0.2, 0.25) is 5.95 Å². The number of hydrogen-bond donors (Lipinski definition) is 0. The maximum Gasteiger partial charge on any atom is 0.225 e. The summed E-state index contributed by atoms with van der Waals surface area (Å²) in [7, 11) is 2.17. The van der Waals surface area contributed by atoms with Crippen molar-refractivity contribution in [2.24, 2.45) is 0 Å². The van der Waals surface area contributed by atoms with Gasteiger partial charge in [0, 0.05) is 62.5 Å². The van der Waals surface area contributed by atoms with Crippen molar-refractivity contribution in [3.63, 3.8) is 0 Å². The summed E-state index contributed by atoms with van der Waals surface area (Å²) in [5.41, 5.74) is 1.24. The maximum atomic E-state index is 4.60. The summed E-state index contributed by atoms with van der Waals surface area (Å²) in [5, 5.41) is 0. The summed E-state index contributed by atoms with van der Waals surface area (Å²) in [5.74, 6) is 2.12. The Hall–Kier alpha value is -0.850. The quantitative estimate of drug-likeness (QED) is 0.819. The van der Waals surface area contributed by atoms with Gasteiger partial charge in [0.05, 0.1) is 0 Å². The van der Waals surface area contributed by atoms with Crippen molar-refractivity contribution in [2.75, 3.05) is 56.7 Å². The minimum atomic E-state index is 0.729. The molecule has 0 unspecified atom stereocenters. The molecule has 3 rings (SSSR count). The molecule has 0 radical (unpaired) electrons. The zero-order valence-corrected chi connectivity index (χ0v) is 14.6. The fourth-order valence-corrected chi connectivity index (χ4v) is 4.08. The predicted octanol–water partition coefficient (Wildman–Crippen LogP) is 1.56. The van der Waals surface area contributed by atoms with Gasteiger partial charge in [0.25, 0.3) is 0 Å². The van der Waals surface area contributed by atoms with Gasteiger partial charge < -0.3 is 9.80 Å². The van der Waals surface area contributed by atoms with E-state index < -0.39 is 0 Å². The summed E-state index contributed by atoms with van der Waals surface area (Å²) in [6.07, 6.45) is 8.90. The fourth-order valence-electron chi connectivity index (χ4n) is 3.32. The lowest BCUT2D eigenvalue weighted by molar-refractivity contribution is 0.263. The summed E-state index contributed by atoms with van der Waals surface area (Å²) in [6, 6.07) is 0.729. The van der Waals surface area contributed by atoms with Gasteiger partial charge >= 0.3 is 0 Å². The first-order chi connectivity index (χ1) is 10.8. The molecule has 22 heavy (non-hydrogen) atoms. The highest BCUT2D eigenvalue weighted by Crippen LogP contribution is 2.22. The van der Waals surface area contributed by atoms with E-state index in [2.05, 4.69) is 38.0 Å². The van der Waals surface area contributed by atoms with E-state index in [1.165, 1.54) is 30.7 Å². The summed E-state index contributed by atoms with van der Waals surface area (Å²) < 4.78 is 0. The van der Waals surface area contributed by atoms with E-state index in [-0.39, 0.29) is 0 Å². The second kappa shape index (κ2) is 7.62. The van der Waals surface area contributed by atoms with Crippen molar-refractivity contribution in [2.45, 2.75) is 25.4 Å². The first kappa shape index (κ1) is 16.0. The third kappa shape index (κ3) is 3.91. The van der Waals surface area contributed by atoms with Crippen LogP contribution in [-0.4, -0.2) is 77.6 Å². The lowest BCUT2D eigenvalue weighted by atomic mass is 10.2. The second-order valence-electron chi connectivity index (χ2n) is 6.40. The van der Waals surface area contributed by atoms with Crippen molar-refractivity contribution in [3.05, 3.63) is 18.0 Å². The van der Waals surface area contributed by atoms with Gasteiger partial charge in [-0.2, -0.15) is 11.8 Å². The molecule has 6 heteroatoms. The molecule has 0 aromatic carbocycles. The highest BCUT2D eigenvalue weighted by atomic mass is 32.2. The molecule has 2 aliphatic rings. The number of rotatable bonds is 5. The van der Waals surface area contributed by atoms with E-state index in [0.717, 1.165) is 44.7 Å². The van der Waals surface area contributed by atoms with Crippen LogP contribution in [0.5, 0.6) is 0 Å². The normalized spacial score (nSPS) is 24.1. The van der Waals surface area contributed by atoms with Crippen LogP contribution in [-0.2, 0) is 6.54 Å². The molecule has 0 aliphatic carbocycles. The number of nitrogens with zero attached hydrogens (tertiary/aromatic N) is 5. The number of aromatic nitrogens is 2. The number of hydrogen-bond acceptors (Lipinski definition) is 6. The van der Waals surface area contributed by atoms with Crippen LogP contribution < -0.4 is 4.90 Å². The van der Waals surface area contributed by atoms with Gasteiger partial charge in [-0.25, -0.2) is 9.97 Å². The highest BCUT2D eigenvalue weighted by molar-refractivity contribution is 7.98. The molecule has 2 aliphatic heterocycles. The van der Waals surface area contributed by atoms with Gasteiger partial charge in [0.15, 0.2) is 0 Å². The lowest BCUT2D eigenvalue weighted by Crippen LogP contribution is -2.45. The molecule has 1 aromatic heterocycles. The first-order valence-electron chi connectivity index (χ1n) is 8.23. The van der Waals surface area contributed by atoms with Crippen molar-refractivity contribution in [1.29, 1.82) is 0 Å². The average molecular weight is 321 g/mol. The Morgan fingerprint density at radius 3 is 2.55 bits per heavy atom. The SMILES string of the molecule is CSC[C@@H]1CCCN1Cc1cnc(N2CCN(C)CC2)nc1. The van der Waals surface area contributed by atoms with Gasteiger partial charge in [-0.15, -0.1) is 0 Å².